The molecule has 9 nitrogen and oxygen atoms in total. The molecule has 1 fully saturated rings. The first kappa shape index (κ1) is 15.4. The second kappa shape index (κ2) is 5.80. The van der Waals surface area contributed by atoms with Crippen molar-refractivity contribution in [3.63, 3.8) is 0 Å². The van der Waals surface area contributed by atoms with Gasteiger partial charge >= 0.3 is 5.69 Å². The van der Waals surface area contributed by atoms with Crippen LogP contribution in [0.2, 0.25) is 0 Å². The number of hydrogen-bond acceptors (Lipinski definition) is 8. The molecule has 0 radical (unpaired) electrons. The van der Waals surface area contributed by atoms with Crippen molar-refractivity contribution in [1.29, 1.82) is 0 Å². The first-order chi connectivity index (χ1) is 9.84. The van der Waals surface area contributed by atoms with E-state index in [1.165, 1.54) is 0 Å². The fourth-order valence-corrected chi connectivity index (χ4v) is 3.52. The third kappa shape index (κ3) is 3.38. The molecule has 0 aliphatic carbocycles. The zero-order valence-electron chi connectivity index (χ0n) is 11.9. The molecule has 116 valence electrons. The molecule has 1 aliphatic rings. The van der Waals surface area contributed by atoms with E-state index in [0.717, 1.165) is 0 Å². The van der Waals surface area contributed by atoms with Gasteiger partial charge in [0.15, 0.2) is 9.84 Å². The fourth-order valence-electron chi connectivity index (χ4n) is 2.25. The molecule has 21 heavy (non-hydrogen) atoms. The van der Waals surface area contributed by atoms with Crippen molar-refractivity contribution >= 4 is 27.3 Å². The molecule has 0 amide bonds. The third-order valence-corrected chi connectivity index (χ3v) is 5.02. The van der Waals surface area contributed by atoms with E-state index in [1.54, 1.807) is 18.9 Å². The molecule has 0 aromatic carbocycles. The maximum absolute atomic E-state index is 11.7. The summed E-state index contributed by atoms with van der Waals surface area (Å²) in [5, 5.41) is 14.0. The molecular weight excluding hydrogens is 298 g/mol. The van der Waals surface area contributed by atoms with Crippen LogP contribution < -0.4 is 10.2 Å². The molecule has 1 N–H and O–H groups in total. The maximum atomic E-state index is 11.7. The number of hydrogen-bond donors (Lipinski definition) is 1. The van der Waals surface area contributed by atoms with Gasteiger partial charge in [0.2, 0.25) is 11.8 Å². The third-order valence-electron chi connectivity index (χ3n) is 3.30. The van der Waals surface area contributed by atoms with E-state index >= 15 is 0 Å². The van der Waals surface area contributed by atoms with Crippen LogP contribution in [-0.4, -0.2) is 55.0 Å². The molecule has 0 atom stereocenters. The van der Waals surface area contributed by atoms with E-state index in [9.17, 15) is 18.5 Å². The molecule has 0 spiro atoms. The lowest BCUT2D eigenvalue weighted by molar-refractivity contribution is -0.385. The summed E-state index contributed by atoms with van der Waals surface area (Å²) in [5.74, 6) is 0.525. The summed E-state index contributed by atoms with van der Waals surface area (Å²) < 4.78 is 23.3. The number of nitrogens with zero attached hydrogens (tertiary/aromatic N) is 4. The summed E-state index contributed by atoms with van der Waals surface area (Å²) >= 11 is 0. The van der Waals surface area contributed by atoms with Crippen LogP contribution in [0.25, 0.3) is 0 Å². The van der Waals surface area contributed by atoms with Crippen molar-refractivity contribution in [3.05, 3.63) is 15.8 Å². The van der Waals surface area contributed by atoms with Gasteiger partial charge in [-0.05, 0) is 13.3 Å². The normalized spacial score (nSPS) is 18.1. The number of nitrogens with one attached hydrogen (secondary N) is 1. The Labute approximate surface area is 122 Å². The molecular formula is C11H17N5O4S. The van der Waals surface area contributed by atoms with Crippen molar-refractivity contribution < 1.29 is 13.3 Å². The highest BCUT2D eigenvalue weighted by Gasteiger charge is 2.29. The highest BCUT2D eigenvalue weighted by atomic mass is 32.2. The van der Waals surface area contributed by atoms with Crippen molar-refractivity contribution in [2.75, 3.05) is 41.9 Å². The van der Waals surface area contributed by atoms with Crippen LogP contribution in [0.15, 0.2) is 0 Å². The van der Waals surface area contributed by atoms with Crippen molar-refractivity contribution in [2.24, 2.45) is 0 Å². The van der Waals surface area contributed by atoms with Crippen LogP contribution in [0, 0.1) is 17.0 Å². The van der Waals surface area contributed by atoms with Crippen molar-refractivity contribution in [2.45, 2.75) is 13.3 Å². The summed E-state index contributed by atoms with van der Waals surface area (Å²) in [7, 11) is -1.47. The van der Waals surface area contributed by atoms with Crippen LogP contribution in [0.3, 0.4) is 0 Å². The predicted molar refractivity (Wildman–Crippen MR) is 78.5 cm³/mol. The predicted octanol–water partition coefficient (Wildman–Crippen LogP) is 0.360. The molecule has 0 saturated carbocycles. The van der Waals surface area contributed by atoms with Crippen LogP contribution in [0.5, 0.6) is 0 Å². The Kier molecular flexibility index (Phi) is 4.26. The highest BCUT2D eigenvalue weighted by molar-refractivity contribution is 7.91. The lowest BCUT2D eigenvalue weighted by Gasteiger charge is -2.21. The average Bonchev–Trinajstić information content (AvgIpc) is 2.58. The molecule has 0 unspecified atom stereocenters. The van der Waals surface area contributed by atoms with E-state index < -0.39 is 14.8 Å². The molecule has 1 aromatic rings. The Hall–Kier alpha value is -1.97. The summed E-state index contributed by atoms with van der Waals surface area (Å²) in [5.41, 5.74) is 0.0785. The van der Waals surface area contributed by atoms with E-state index in [4.69, 9.17) is 0 Å². The van der Waals surface area contributed by atoms with Crippen LogP contribution in [0.1, 0.15) is 12.1 Å². The van der Waals surface area contributed by atoms with Gasteiger partial charge in [-0.1, -0.05) is 0 Å². The van der Waals surface area contributed by atoms with Gasteiger partial charge in [-0.25, -0.2) is 13.4 Å². The number of aromatic nitrogens is 2. The molecule has 1 aromatic heterocycles. The molecule has 2 rings (SSSR count). The minimum Gasteiger partial charge on any atom is -0.357 e. The Balaban J connectivity index is 2.46. The average molecular weight is 315 g/mol. The van der Waals surface area contributed by atoms with Crippen LogP contribution >= 0.6 is 0 Å². The Morgan fingerprint density at radius 1 is 1.29 bits per heavy atom. The molecule has 1 saturated heterocycles. The summed E-state index contributed by atoms with van der Waals surface area (Å²) in [4.78, 5) is 20.6. The van der Waals surface area contributed by atoms with E-state index in [-0.39, 0.29) is 41.2 Å². The minimum atomic E-state index is -3.09. The van der Waals surface area contributed by atoms with Crippen molar-refractivity contribution in [3.8, 4) is 0 Å². The Morgan fingerprint density at radius 3 is 2.62 bits per heavy atom. The van der Waals surface area contributed by atoms with Crippen LogP contribution in [-0.2, 0) is 9.84 Å². The summed E-state index contributed by atoms with van der Waals surface area (Å²) in [6, 6.07) is 0. The monoisotopic (exact) mass is 315 g/mol. The largest absolute Gasteiger partial charge is 0.357 e. The smallest absolute Gasteiger partial charge is 0.332 e. The number of sulfone groups is 1. The first-order valence-corrected chi connectivity index (χ1v) is 8.32. The zero-order valence-corrected chi connectivity index (χ0v) is 12.7. The van der Waals surface area contributed by atoms with Gasteiger partial charge in [0.25, 0.3) is 0 Å². The minimum absolute atomic E-state index is 0.0257. The van der Waals surface area contributed by atoms with E-state index in [2.05, 4.69) is 15.3 Å². The lowest BCUT2D eigenvalue weighted by atomic mass is 10.3. The Bertz CT molecular complexity index is 661. The van der Waals surface area contributed by atoms with Gasteiger partial charge in [-0.2, -0.15) is 4.98 Å². The summed E-state index contributed by atoms with van der Waals surface area (Å²) in [6.07, 6.45) is 0.428. The zero-order chi connectivity index (χ0) is 15.6. The van der Waals surface area contributed by atoms with Crippen LogP contribution in [0.4, 0.5) is 17.5 Å². The molecule has 0 bridgehead atoms. The SMILES string of the molecule is CNc1nc(C)c([N+](=O)[O-])c(N2CCCS(=O)(=O)CC2)n1. The number of aryl methyl sites for hydroxylation is 1. The van der Waals surface area contributed by atoms with Gasteiger partial charge in [-0.15, -0.1) is 0 Å². The number of anilines is 2. The first-order valence-electron chi connectivity index (χ1n) is 6.50. The van der Waals surface area contributed by atoms with Gasteiger partial charge in [-0.3, -0.25) is 10.1 Å². The number of nitro groups is 1. The molecule has 1 aliphatic heterocycles. The van der Waals surface area contributed by atoms with Gasteiger partial charge in [0.1, 0.15) is 5.69 Å². The quantitative estimate of drug-likeness (QED) is 0.627. The highest BCUT2D eigenvalue weighted by Crippen LogP contribution is 2.30. The molecule has 10 heteroatoms. The molecule has 2 heterocycles. The standard InChI is InChI=1S/C11H17N5O4S/c1-8-9(16(17)18)10(14-11(12-2)13-8)15-4-3-6-21(19,20)7-5-15/h3-7H2,1-2H3,(H,12,13,14). The fraction of sp³-hybridized carbons (Fsp3) is 0.636. The van der Waals surface area contributed by atoms with Gasteiger partial charge in [0.05, 0.1) is 16.4 Å². The van der Waals surface area contributed by atoms with Gasteiger partial charge in [0, 0.05) is 20.1 Å². The topological polar surface area (TPSA) is 118 Å². The lowest BCUT2D eigenvalue weighted by Crippen LogP contribution is -2.29. The second-order valence-corrected chi connectivity index (χ2v) is 7.11. The van der Waals surface area contributed by atoms with Gasteiger partial charge < -0.3 is 10.2 Å². The maximum Gasteiger partial charge on any atom is 0.332 e. The second-order valence-electron chi connectivity index (χ2n) is 4.80. The van der Waals surface area contributed by atoms with Crippen molar-refractivity contribution in [1.82, 2.24) is 9.97 Å². The van der Waals surface area contributed by atoms with E-state index in [1.807, 2.05) is 0 Å². The number of rotatable bonds is 3. The van der Waals surface area contributed by atoms with E-state index in [0.29, 0.717) is 13.0 Å². The summed E-state index contributed by atoms with van der Waals surface area (Å²) in [6.45, 7) is 2.15. The Morgan fingerprint density at radius 2 is 2.00 bits per heavy atom.